The molecule has 0 radical (unpaired) electrons. The van der Waals surface area contributed by atoms with E-state index in [0.717, 1.165) is 5.56 Å². The fraction of sp³-hybridized carbons (Fsp3) is 0.278. The minimum absolute atomic E-state index is 0.0752. The van der Waals surface area contributed by atoms with Crippen LogP contribution >= 0.6 is 11.8 Å². The van der Waals surface area contributed by atoms with E-state index in [1.807, 2.05) is 18.2 Å². The molecular formula is C18H19N5O3S. The smallest absolute Gasteiger partial charge is 0.312 e. The molecule has 0 saturated carbocycles. The number of hydrogen-bond donors (Lipinski definition) is 3. The number of nitro benzene ring substituents is 1. The molecule has 9 heteroatoms. The van der Waals surface area contributed by atoms with Crippen molar-refractivity contribution in [3.63, 3.8) is 0 Å². The molecule has 0 aliphatic carbocycles. The molecule has 140 valence electrons. The van der Waals surface area contributed by atoms with Crippen molar-refractivity contribution in [2.45, 2.75) is 23.3 Å². The number of benzene rings is 2. The van der Waals surface area contributed by atoms with Gasteiger partial charge in [0.05, 0.1) is 4.92 Å². The summed E-state index contributed by atoms with van der Waals surface area (Å²) in [5, 5.41) is 18.8. The number of thioether (sulfide) groups is 1. The molecule has 4 rings (SSSR count). The molecule has 3 atom stereocenters. The molecule has 2 aliphatic heterocycles. The second kappa shape index (κ2) is 7.55. The van der Waals surface area contributed by atoms with Crippen LogP contribution in [0.2, 0.25) is 0 Å². The van der Waals surface area contributed by atoms with Gasteiger partial charge < -0.3 is 5.32 Å². The number of nitrogens with zero attached hydrogens (tertiary/aromatic N) is 2. The molecule has 0 spiro atoms. The maximum Gasteiger partial charge on any atom is 0.335 e. The minimum Gasteiger partial charge on any atom is -0.312 e. The number of non-ortho nitro benzene ring substituents is 1. The number of fused-ring (bicyclic) bond motifs is 1. The number of amides is 2. The third kappa shape index (κ3) is 3.75. The van der Waals surface area contributed by atoms with E-state index in [1.165, 1.54) is 17.7 Å². The second-order valence-corrected chi connectivity index (χ2v) is 7.52. The van der Waals surface area contributed by atoms with Crippen LogP contribution in [0.4, 0.5) is 10.5 Å². The largest absolute Gasteiger partial charge is 0.335 e. The number of urea groups is 1. The average Bonchev–Trinajstić information content (AvgIpc) is 3.12. The number of hydrazine groups is 1. The first-order valence-corrected chi connectivity index (χ1v) is 9.66. The fourth-order valence-corrected chi connectivity index (χ4v) is 4.31. The zero-order valence-corrected chi connectivity index (χ0v) is 15.2. The van der Waals surface area contributed by atoms with Crippen LogP contribution < -0.4 is 16.1 Å². The summed E-state index contributed by atoms with van der Waals surface area (Å²) in [6, 6.07) is 16.5. The molecule has 2 aliphatic rings. The van der Waals surface area contributed by atoms with E-state index < -0.39 is 4.92 Å². The molecule has 8 nitrogen and oxygen atoms in total. The molecule has 2 saturated heterocycles. The van der Waals surface area contributed by atoms with Gasteiger partial charge in [-0.05, 0) is 11.1 Å². The Kier molecular flexibility index (Phi) is 4.97. The fourth-order valence-electron chi connectivity index (χ4n) is 3.34. The number of carbonyl (C=O) groups excluding carboxylic acids is 1. The van der Waals surface area contributed by atoms with Crippen LogP contribution in [0.3, 0.4) is 0 Å². The lowest BCUT2D eigenvalue weighted by atomic mass is 9.97. The SMILES string of the molecule is O=C1NC(SCc2ccc([N+](=O)[O-])cc2)NC2C(c3ccccc3)CNN12. The highest BCUT2D eigenvalue weighted by molar-refractivity contribution is 7.99. The van der Waals surface area contributed by atoms with Gasteiger partial charge in [0.1, 0.15) is 11.7 Å². The summed E-state index contributed by atoms with van der Waals surface area (Å²) in [6.45, 7) is 0.689. The quantitative estimate of drug-likeness (QED) is 0.540. The van der Waals surface area contributed by atoms with Crippen molar-refractivity contribution >= 4 is 23.5 Å². The summed E-state index contributed by atoms with van der Waals surface area (Å²) in [4.78, 5) is 22.7. The Balaban J connectivity index is 1.41. The Labute approximate surface area is 160 Å². The van der Waals surface area contributed by atoms with E-state index in [1.54, 1.807) is 28.9 Å². The third-order valence-corrected chi connectivity index (χ3v) is 5.82. The van der Waals surface area contributed by atoms with Crippen LogP contribution in [0.15, 0.2) is 54.6 Å². The van der Waals surface area contributed by atoms with Crippen molar-refractivity contribution in [2.24, 2.45) is 0 Å². The van der Waals surface area contributed by atoms with E-state index in [9.17, 15) is 14.9 Å². The lowest BCUT2D eigenvalue weighted by Gasteiger charge is -2.37. The van der Waals surface area contributed by atoms with E-state index in [-0.39, 0.29) is 29.3 Å². The number of hydrogen-bond acceptors (Lipinski definition) is 6. The van der Waals surface area contributed by atoms with Gasteiger partial charge in [-0.25, -0.2) is 15.2 Å². The van der Waals surface area contributed by atoms with Gasteiger partial charge in [-0.15, -0.1) is 11.8 Å². The van der Waals surface area contributed by atoms with Crippen molar-refractivity contribution in [3.05, 3.63) is 75.8 Å². The molecular weight excluding hydrogens is 366 g/mol. The Morgan fingerprint density at radius 1 is 1.15 bits per heavy atom. The normalized spacial score (nSPS) is 24.4. The van der Waals surface area contributed by atoms with Crippen molar-refractivity contribution < 1.29 is 9.72 Å². The molecule has 27 heavy (non-hydrogen) atoms. The number of carbonyl (C=O) groups is 1. The zero-order valence-electron chi connectivity index (χ0n) is 14.4. The summed E-state index contributed by atoms with van der Waals surface area (Å²) < 4.78 is 0. The average molecular weight is 385 g/mol. The highest BCUT2D eigenvalue weighted by Gasteiger charge is 2.43. The maximum atomic E-state index is 12.4. The first kappa shape index (κ1) is 17.8. The summed E-state index contributed by atoms with van der Waals surface area (Å²) in [7, 11) is 0. The predicted molar refractivity (Wildman–Crippen MR) is 103 cm³/mol. The van der Waals surface area contributed by atoms with Gasteiger partial charge in [0, 0.05) is 30.3 Å². The van der Waals surface area contributed by atoms with Gasteiger partial charge in [-0.1, -0.05) is 42.5 Å². The molecule has 2 amide bonds. The van der Waals surface area contributed by atoms with Gasteiger partial charge in [-0.2, -0.15) is 0 Å². The number of nitrogens with one attached hydrogen (secondary N) is 3. The monoisotopic (exact) mass is 385 g/mol. The Bertz CT molecular complexity index is 833. The van der Waals surface area contributed by atoms with Crippen LogP contribution in [-0.4, -0.2) is 34.2 Å². The van der Waals surface area contributed by atoms with Crippen molar-refractivity contribution in [3.8, 4) is 0 Å². The first-order chi connectivity index (χ1) is 13.1. The molecule has 3 unspecified atom stereocenters. The highest BCUT2D eigenvalue weighted by atomic mass is 32.2. The number of nitro groups is 1. The molecule has 2 fully saturated rings. The summed E-state index contributed by atoms with van der Waals surface area (Å²) in [5.41, 5.74) is 5.14. The van der Waals surface area contributed by atoms with E-state index in [4.69, 9.17) is 0 Å². The van der Waals surface area contributed by atoms with Gasteiger partial charge in [0.15, 0.2) is 0 Å². The van der Waals surface area contributed by atoms with E-state index >= 15 is 0 Å². The van der Waals surface area contributed by atoms with Gasteiger partial charge in [-0.3, -0.25) is 15.4 Å². The van der Waals surface area contributed by atoms with Crippen molar-refractivity contribution in [2.75, 3.05) is 6.54 Å². The summed E-state index contributed by atoms with van der Waals surface area (Å²) in [6.07, 6.45) is -0.129. The number of rotatable bonds is 5. The highest BCUT2D eigenvalue weighted by Crippen LogP contribution is 2.29. The van der Waals surface area contributed by atoms with Gasteiger partial charge >= 0.3 is 6.03 Å². The van der Waals surface area contributed by atoms with E-state index in [2.05, 4.69) is 28.2 Å². The summed E-state index contributed by atoms with van der Waals surface area (Å²) in [5.74, 6) is 0.797. The predicted octanol–water partition coefficient (Wildman–Crippen LogP) is 2.35. The summed E-state index contributed by atoms with van der Waals surface area (Å²) >= 11 is 1.55. The molecule has 2 heterocycles. The molecule has 0 aromatic heterocycles. The first-order valence-electron chi connectivity index (χ1n) is 8.61. The molecule has 2 aromatic carbocycles. The Morgan fingerprint density at radius 2 is 1.89 bits per heavy atom. The minimum atomic E-state index is -0.411. The van der Waals surface area contributed by atoms with Gasteiger partial charge in [0.2, 0.25) is 0 Å². The van der Waals surface area contributed by atoms with Crippen LogP contribution in [0.25, 0.3) is 0 Å². The third-order valence-electron chi connectivity index (χ3n) is 4.73. The van der Waals surface area contributed by atoms with Crippen molar-refractivity contribution in [1.29, 1.82) is 0 Å². The standard InChI is InChI=1S/C18H19N5O3S/c24-18-21-17(27-11-12-6-8-14(9-7-12)23(25)26)20-16-15(10-19-22(16)18)13-4-2-1-3-5-13/h1-9,15-17,19-20H,10-11H2,(H,21,24). The molecule has 3 N–H and O–H groups in total. The second-order valence-electron chi connectivity index (χ2n) is 6.43. The molecule has 2 aromatic rings. The van der Waals surface area contributed by atoms with Crippen LogP contribution in [0, 0.1) is 10.1 Å². The van der Waals surface area contributed by atoms with Crippen molar-refractivity contribution in [1.82, 2.24) is 21.1 Å². The van der Waals surface area contributed by atoms with Crippen LogP contribution in [0.1, 0.15) is 17.0 Å². The lowest BCUT2D eigenvalue weighted by Crippen LogP contribution is -2.65. The topological polar surface area (TPSA) is 99.5 Å². The van der Waals surface area contributed by atoms with E-state index in [0.29, 0.717) is 12.3 Å². The van der Waals surface area contributed by atoms with Crippen LogP contribution in [0.5, 0.6) is 0 Å². The van der Waals surface area contributed by atoms with Crippen LogP contribution in [-0.2, 0) is 5.75 Å². The maximum absolute atomic E-state index is 12.4. The molecule has 0 bridgehead atoms. The Hall–Kier alpha value is -2.62. The zero-order chi connectivity index (χ0) is 18.8. The van der Waals surface area contributed by atoms with Gasteiger partial charge in [0.25, 0.3) is 5.69 Å². The Morgan fingerprint density at radius 3 is 2.59 bits per heavy atom. The lowest BCUT2D eigenvalue weighted by molar-refractivity contribution is -0.384.